The lowest BCUT2D eigenvalue weighted by Crippen LogP contribution is -2.28. The molecule has 0 bridgehead atoms. The van der Waals surface area contributed by atoms with E-state index in [9.17, 15) is 4.79 Å². The van der Waals surface area contributed by atoms with E-state index in [0.29, 0.717) is 24.6 Å². The molecule has 0 aromatic heterocycles. The quantitative estimate of drug-likeness (QED) is 0.641. The Morgan fingerprint density at radius 3 is 2.63 bits per heavy atom. The lowest BCUT2D eigenvalue weighted by molar-refractivity contribution is -0.123. The first kappa shape index (κ1) is 21.1. The Balaban J connectivity index is 2.00. The molecule has 1 unspecified atom stereocenters. The third-order valence-electron chi connectivity index (χ3n) is 4.17. The molecule has 0 saturated heterocycles. The van der Waals surface area contributed by atoms with Crippen molar-refractivity contribution in [2.75, 3.05) is 20.3 Å². The van der Waals surface area contributed by atoms with Crippen LogP contribution in [0.4, 0.5) is 0 Å². The molecule has 1 atom stereocenters. The normalized spacial score (nSPS) is 11.7. The summed E-state index contributed by atoms with van der Waals surface area (Å²) in [6.07, 6.45) is 0.950. The van der Waals surface area contributed by atoms with Crippen molar-refractivity contribution in [2.45, 2.75) is 32.9 Å². The van der Waals surface area contributed by atoms with Gasteiger partial charge < -0.3 is 20.1 Å². The number of methoxy groups -OCH3 is 1. The second-order valence-electron chi connectivity index (χ2n) is 6.12. The SMILES string of the molecule is CCNC(=O)COc1ccc(CNC(CC)c2cccc(Cl)c2)cc1OC. The molecular formula is C21H27ClN2O3. The molecule has 2 rings (SSSR count). The van der Waals surface area contributed by atoms with Crippen LogP contribution in [-0.2, 0) is 11.3 Å². The van der Waals surface area contributed by atoms with Gasteiger partial charge in [-0.25, -0.2) is 0 Å². The van der Waals surface area contributed by atoms with Gasteiger partial charge in [0.1, 0.15) is 0 Å². The molecule has 5 nitrogen and oxygen atoms in total. The van der Waals surface area contributed by atoms with Gasteiger partial charge in [-0.3, -0.25) is 4.79 Å². The van der Waals surface area contributed by atoms with Crippen molar-refractivity contribution < 1.29 is 14.3 Å². The summed E-state index contributed by atoms with van der Waals surface area (Å²) in [5.74, 6) is 1.00. The van der Waals surface area contributed by atoms with Gasteiger partial charge in [0.05, 0.1) is 7.11 Å². The first-order chi connectivity index (χ1) is 13.1. The van der Waals surface area contributed by atoms with Gasteiger partial charge in [-0.2, -0.15) is 0 Å². The fraction of sp³-hybridized carbons (Fsp3) is 0.381. The maximum absolute atomic E-state index is 11.6. The Labute approximate surface area is 166 Å². The molecule has 0 aliphatic heterocycles. The standard InChI is InChI=1S/C21H27ClN2O3/c1-4-18(16-7-6-8-17(22)12-16)24-13-15-9-10-19(20(11-15)26-3)27-14-21(25)23-5-2/h6-12,18,24H,4-5,13-14H2,1-3H3,(H,23,25). The summed E-state index contributed by atoms with van der Waals surface area (Å²) in [6.45, 7) is 5.23. The van der Waals surface area contributed by atoms with Gasteiger partial charge in [0.2, 0.25) is 0 Å². The van der Waals surface area contributed by atoms with E-state index in [0.717, 1.165) is 17.0 Å². The Morgan fingerprint density at radius 2 is 1.96 bits per heavy atom. The van der Waals surface area contributed by atoms with Crippen LogP contribution >= 0.6 is 11.6 Å². The molecule has 2 aromatic rings. The molecular weight excluding hydrogens is 364 g/mol. The van der Waals surface area contributed by atoms with Crippen molar-refractivity contribution in [1.29, 1.82) is 0 Å². The largest absolute Gasteiger partial charge is 0.493 e. The number of halogens is 1. The number of hydrogen-bond donors (Lipinski definition) is 2. The van der Waals surface area contributed by atoms with Gasteiger partial charge >= 0.3 is 0 Å². The monoisotopic (exact) mass is 390 g/mol. The van der Waals surface area contributed by atoms with Crippen LogP contribution in [0, 0.1) is 0 Å². The molecule has 2 N–H and O–H groups in total. The molecule has 0 spiro atoms. The summed E-state index contributed by atoms with van der Waals surface area (Å²) in [5.41, 5.74) is 2.23. The van der Waals surface area contributed by atoms with Gasteiger partial charge in [0, 0.05) is 24.2 Å². The highest BCUT2D eigenvalue weighted by Gasteiger charge is 2.11. The van der Waals surface area contributed by atoms with Crippen molar-refractivity contribution in [2.24, 2.45) is 0 Å². The van der Waals surface area contributed by atoms with E-state index in [2.05, 4.69) is 23.6 Å². The smallest absolute Gasteiger partial charge is 0.257 e. The number of nitrogens with one attached hydrogen (secondary N) is 2. The third-order valence-corrected chi connectivity index (χ3v) is 4.41. The predicted octanol–water partition coefficient (Wildman–Crippen LogP) is 4.10. The molecule has 146 valence electrons. The van der Waals surface area contributed by atoms with Crippen LogP contribution in [0.3, 0.4) is 0 Å². The Hall–Kier alpha value is -2.24. The molecule has 0 aliphatic carbocycles. The molecule has 0 fully saturated rings. The van der Waals surface area contributed by atoms with Crippen LogP contribution < -0.4 is 20.1 Å². The van der Waals surface area contributed by atoms with Gasteiger partial charge in [0.25, 0.3) is 5.91 Å². The first-order valence-electron chi connectivity index (χ1n) is 9.12. The topological polar surface area (TPSA) is 59.6 Å². The van der Waals surface area contributed by atoms with E-state index in [1.54, 1.807) is 7.11 Å². The van der Waals surface area contributed by atoms with Crippen molar-refractivity contribution in [3.8, 4) is 11.5 Å². The highest BCUT2D eigenvalue weighted by atomic mass is 35.5. The zero-order valence-electron chi connectivity index (χ0n) is 16.0. The Morgan fingerprint density at radius 1 is 1.15 bits per heavy atom. The van der Waals surface area contributed by atoms with E-state index in [1.807, 2.05) is 43.3 Å². The number of likely N-dealkylation sites (N-methyl/N-ethyl adjacent to an activating group) is 1. The number of hydrogen-bond acceptors (Lipinski definition) is 4. The molecule has 1 amide bonds. The minimum Gasteiger partial charge on any atom is -0.493 e. The first-order valence-corrected chi connectivity index (χ1v) is 9.50. The van der Waals surface area contributed by atoms with Gasteiger partial charge in [0.15, 0.2) is 18.1 Å². The van der Waals surface area contributed by atoms with Crippen molar-refractivity contribution in [3.63, 3.8) is 0 Å². The highest BCUT2D eigenvalue weighted by molar-refractivity contribution is 6.30. The summed E-state index contributed by atoms with van der Waals surface area (Å²) in [7, 11) is 1.59. The van der Waals surface area contributed by atoms with Gasteiger partial charge in [-0.1, -0.05) is 36.7 Å². The molecule has 0 aliphatic rings. The van der Waals surface area contributed by atoms with Crippen molar-refractivity contribution >= 4 is 17.5 Å². The number of rotatable bonds is 10. The zero-order chi connectivity index (χ0) is 19.6. The van der Waals surface area contributed by atoms with Crippen LogP contribution in [0.15, 0.2) is 42.5 Å². The molecule has 2 aromatic carbocycles. The summed E-state index contributed by atoms with van der Waals surface area (Å²) >= 11 is 6.11. The second-order valence-corrected chi connectivity index (χ2v) is 6.56. The summed E-state index contributed by atoms with van der Waals surface area (Å²) in [4.78, 5) is 11.6. The summed E-state index contributed by atoms with van der Waals surface area (Å²) in [5, 5.41) is 6.99. The average molecular weight is 391 g/mol. The average Bonchev–Trinajstić information content (AvgIpc) is 2.67. The number of carbonyl (C=O) groups excluding carboxylic acids is 1. The Kier molecular flexibility index (Phi) is 8.43. The van der Waals surface area contributed by atoms with Crippen LogP contribution in [0.2, 0.25) is 5.02 Å². The molecule has 6 heteroatoms. The Bertz CT molecular complexity index is 752. The van der Waals surface area contributed by atoms with Crippen LogP contribution in [0.25, 0.3) is 0 Å². The summed E-state index contributed by atoms with van der Waals surface area (Å²) < 4.78 is 11.0. The van der Waals surface area contributed by atoms with Crippen LogP contribution in [0.5, 0.6) is 11.5 Å². The fourth-order valence-corrected chi connectivity index (χ4v) is 2.99. The van der Waals surface area contributed by atoms with Crippen molar-refractivity contribution in [3.05, 3.63) is 58.6 Å². The third kappa shape index (κ3) is 6.45. The lowest BCUT2D eigenvalue weighted by Gasteiger charge is -2.18. The van der Waals surface area contributed by atoms with Crippen LogP contribution in [0.1, 0.15) is 37.4 Å². The number of benzene rings is 2. The van der Waals surface area contributed by atoms with E-state index in [1.165, 1.54) is 5.56 Å². The van der Waals surface area contributed by atoms with Crippen LogP contribution in [-0.4, -0.2) is 26.2 Å². The van der Waals surface area contributed by atoms with Gasteiger partial charge in [-0.15, -0.1) is 0 Å². The number of ether oxygens (including phenoxy) is 2. The predicted molar refractivity (Wildman–Crippen MR) is 108 cm³/mol. The van der Waals surface area contributed by atoms with E-state index >= 15 is 0 Å². The molecule has 0 saturated carbocycles. The van der Waals surface area contributed by atoms with E-state index in [-0.39, 0.29) is 18.6 Å². The minimum atomic E-state index is -0.155. The molecule has 0 radical (unpaired) electrons. The highest BCUT2D eigenvalue weighted by Crippen LogP contribution is 2.28. The van der Waals surface area contributed by atoms with E-state index < -0.39 is 0 Å². The summed E-state index contributed by atoms with van der Waals surface area (Å²) in [6, 6.07) is 13.8. The lowest BCUT2D eigenvalue weighted by atomic mass is 10.0. The van der Waals surface area contributed by atoms with Crippen molar-refractivity contribution in [1.82, 2.24) is 10.6 Å². The maximum atomic E-state index is 11.6. The fourth-order valence-electron chi connectivity index (χ4n) is 2.79. The number of amides is 1. The molecule has 27 heavy (non-hydrogen) atoms. The zero-order valence-corrected chi connectivity index (χ0v) is 16.8. The maximum Gasteiger partial charge on any atom is 0.257 e. The number of carbonyl (C=O) groups is 1. The van der Waals surface area contributed by atoms with E-state index in [4.69, 9.17) is 21.1 Å². The minimum absolute atomic E-state index is 0.0333. The molecule has 0 heterocycles. The van der Waals surface area contributed by atoms with Gasteiger partial charge in [-0.05, 0) is 48.7 Å². The second kappa shape index (κ2) is 10.8.